The lowest BCUT2D eigenvalue weighted by Gasteiger charge is -1.97. The second-order valence-corrected chi connectivity index (χ2v) is 4.75. The van der Waals surface area contributed by atoms with Crippen LogP contribution in [-0.2, 0) is 11.3 Å². The van der Waals surface area contributed by atoms with Crippen molar-refractivity contribution in [2.45, 2.75) is 13.5 Å². The maximum atomic E-state index is 11.8. The van der Waals surface area contributed by atoms with Crippen molar-refractivity contribution in [1.29, 1.82) is 0 Å². The van der Waals surface area contributed by atoms with E-state index in [1.165, 1.54) is 11.0 Å². The molecule has 0 bridgehead atoms. The van der Waals surface area contributed by atoms with Crippen LogP contribution in [-0.4, -0.2) is 32.3 Å². The number of furan rings is 1. The lowest BCUT2D eigenvalue weighted by Crippen LogP contribution is -2.24. The van der Waals surface area contributed by atoms with Crippen molar-refractivity contribution in [3.05, 3.63) is 54.0 Å². The third kappa shape index (κ3) is 3.88. The molecule has 0 fully saturated rings. The van der Waals surface area contributed by atoms with Gasteiger partial charge in [-0.3, -0.25) is 4.79 Å². The number of hydrazone groups is 1. The van der Waals surface area contributed by atoms with Gasteiger partial charge in [0.1, 0.15) is 18.1 Å². The summed E-state index contributed by atoms with van der Waals surface area (Å²) < 4.78 is 5.30. The SMILES string of the molecule is Cc1ccc(/C=N/NC(=O)Cn2nnc(-c3ccccc3)n2)o1. The van der Waals surface area contributed by atoms with E-state index in [4.69, 9.17) is 4.42 Å². The Bertz CT molecular complexity index is 821. The lowest BCUT2D eigenvalue weighted by molar-refractivity contribution is -0.122. The predicted molar refractivity (Wildman–Crippen MR) is 82.4 cm³/mol. The third-order valence-corrected chi connectivity index (χ3v) is 2.91. The van der Waals surface area contributed by atoms with Gasteiger partial charge in [0, 0.05) is 5.56 Å². The van der Waals surface area contributed by atoms with E-state index in [1.807, 2.05) is 43.3 Å². The second-order valence-electron chi connectivity index (χ2n) is 4.75. The van der Waals surface area contributed by atoms with Crippen LogP contribution in [0.2, 0.25) is 0 Å². The molecule has 1 amide bonds. The third-order valence-electron chi connectivity index (χ3n) is 2.91. The molecule has 2 aromatic heterocycles. The lowest BCUT2D eigenvalue weighted by atomic mass is 10.2. The Morgan fingerprint density at radius 1 is 1.30 bits per heavy atom. The first-order valence-electron chi connectivity index (χ1n) is 6.92. The van der Waals surface area contributed by atoms with Crippen LogP contribution < -0.4 is 5.43 Å². The number of carbonyl (C=O) groups excluding carboxylic acids is 1. The van der Waals surface area contributed by atoms with Crippen LogP contribution in [0.1, 0.15) is 11.5 Å². The summed E-state index contributed by atoms with van der Waals surface area (Å²) in [4.78, 5) is 13.0. The number of hydrogen-bond acceptors (Lipinski definition) is 6. The molecule has 8 nitrogen and oxygen atoms in total. The maximum absolute atomic E-state index is 11.8. The van der Waals surface area contributed by atoms with E-state index in [9.17, 15) is 4.79 Å². The predicted octanol–water partition coefficient (Wildman–Crippen LogP) is 1.39. The van der Waals surface area contributed by atoms with Crippen LogP contribution in [0.15, 0.2) is 52.0 Å². The van der Waals surface area contributed by atoms with Gasteiger partial charge in [0.25, 0.3) is 5.91 Å². The average Bonchev–Trinajstić information content (AvgIpc) is 3.17. The fourth-order valence-corrected chi connectivity index (χ4v) is 1.87. The summed E-state index contributed by atoms with van der Waals surface area (Å²) in [6.07, 6.45) is 1.43. The van der Waals surface area contributed by atoms with Gasteiger partial charge in [-0.2, -0.15) is 9.90 Å². The number of amides is 1. The summed E-state index contributed by atoms with van der Waals surface area (Å²) in [6.45, 7) is 1.75. The van der Waals surface area contributed by atoms with Gasteiger partial charge in [-0.05, 0) is 24.3 Å². The van der Waals surface area contributed by atoms with Crippen molar-refractivity contribution < 1.29 is 9.21 Å². The minimum atomic E-state index is -0.360. The van der Waals surface area contributed by atoms with E-state index >= 15 is 0 Å². The van der Waals surface area contributed by atoms with Gasteiger partial charge in [0.05, 0.1) is 6.21 Å². The largest absolute Gasteiger partial charge is 0.460 e. The van der Waals surface area contributed by atoms with Crippen molar-refractivity contribution in [3.63, 3.8) is 0 Å². The van der Waals surface area contributed by atoms with Crippen molar-refractivity contribution in [2.75, 3.05) is 0 Å². The van der Waals surface area contributed by atoms with E-state index in [1.54, 1.807) is 6.07 Å². The number of aryl methyl sites for hydroxylation is 1. The highest BCUT2D eigenvalue weighted by Gasteiger charge is 2.08. The molecule has 0 aliphatic rings. The summed E-state index contributed by atoms with van der Waals surface area (Å²) in [5.41, 5.74) is 3.22. The molecule has 0 unspecified atom stereocenters. The van der Waals surface area contributed by atoms with E-state index in [0.717, 1.165) is 11.3 Å². The highest BCUT2D eigenvalue weighted by Crippen LogP contribution is 2.11. The summed E-state index contributed by atoms with van der Waals surface area (Å²) in [6, 6.07) is 13.0. The topological polar surface area (TPSA) is 98.2 Å². The van der Waals surface area contributed by atoms with Crippen molar-refractivity contribution in [2.24, 2.45) is 5.10 Å². The van der Waals surface area contributed by atoms with Crippen LogP contribution in [0.3, 0.4) is 0 Å². The number of aromatic nitrogens is 4. The zero-order chi connectivity index (χ0) is 16.1. The number of hydrogen-bond donors (Lipinski definition) is 1. The van der Waals surface area contributed by atoms with E-state index in [0.29, 0.717) is 11.6 Å². The zero-order valence-corrected chi connectivity index (χ0v) is 12.4. The molecule has 0 saturated heterocycles. The van der Waals surface area contributed by atoms with Gasteiger partial charge in [-0.25, -0.2) is 5.43 Å². The highest BCUT2D eigenvalue weighted by atomic mass is 16.3. The maximum Gasteiger partial charge on any atom is 0.263 e. The molecular weight excluding hydrogens is 296 g/mol. The molecule has 1 aromatic carbocycles. The van der Waals surface area contributed by atoms with E-state index in [-0.39, 0.29) is 12.5 Å². The smallest absolute Gasteiger partial charge is 0.263 e. The van der Waals surface area contributed by atoms with Crippen LogP contribution in [0.25, 0.3) is 11.4 Å². The first-order valence-corrected chi connectivity index (χ1v) is 6.92. The van der Waals surface area contributed by atoms with Gasteiger partial charge >= 0.3 is 0 Å². The van der Waals surface area contributed by atoms with Gasteiger partial charge in [0.2, 0.25) is 5.82 Å². The first-order chi connectivity index (χ1) is 11.2. The highest BCUT2D eigenvalue weighted by molar-refractivity contribution is 5.80. The zero-order valence-electron chi connectivity index (χ0n) is 12.4. The minimum Gasteiger partial charge on any atom is -0.460 e. The summed E-state index contributed by atoms with van der Waals surface area (Å²) in [5.74, 6) is 1.44. The van der Waals surface area contributed by atoms with Crippen molar-refractivity contribution in [3.8, 4) is 11.4 Å². The molecule has 8 heteroatoms. The number of nitrogens with one attached hydrogen (secondary N) is 1. The molecule has 0 radical (unpaired) electrons. The van der Waals surface area contributed by atoms with Gasteiger partial charge in [0.15, 0.2) is 0 Å². The number of rotatable bonds is 5. The minimum absolute atomic E-state index is 0.0750. The number of carbonyl (C=O) groups is 1. The Morgan fingerprint density at radius 2 is 2.13 bits per heavy atom. The van der Waals surface area contributed by atoms with Crippen LogP contribution in [0.4, 0.5) is 0 Å². The monoisotopic (exact) mass is 310 g/mol. The number of benzene rings is 1. The van der Waals surface area contributed by atoms with Gasteiger partial charge in [-0.15, -0.1) is 10.2 Å². The van der Waals surface area contributed by atoms with Crippen LogP contribution in [0.5, 0.6) is 0 Å². The first kappa shape index (κ1) is 14.6. The summed E-state index contributed by atoms with van der Waals surface area (Å²) in [5, 5.41) is 15.7. The molecule has 3 rings (SSSR count). The Labute approximate surface area is 131 Å². The molecule has 1 N–H and O–H groups in total. The quantitative estimate of drug-likeness (QED) is 0.567. The van der Waals surface area contributed by atoms with E-state index in [2.05, 4.69) is 25.9 Å². The molecule has 0 aliphatic heterocycles. The molecule has 23 heavy (non-hydrogen) atoms. The molecule has 0 spiro atoms. The molecule has 0 atom stereocenters. The number of nitrogens with zero attached hydrogens (tertiary/aromatic N) is 5. The average molecular weight is 310 g/mol. The Kier molecular flexibility index (Phi) is 4.23. The van der Waals surface area contributed by atoms with Gasteiger partial charge < -0.3 is 4.42 Å². The van der Waals surface area contributed by atoms with Gasteiger partial charge in [-0.1, -0.05) is 30.3 Å². The molecule has 0 saturated carbocycles. The standard InChI is InChI=1S/C15H14N6O2/c1-11-7-8-13(23-11)9-16-17-14(22)10-21-19-15(18-20-21)12-5-3-2-4-6-12/h2-9H,10H2,1H3,(H,17,22)/b16-9+. The van der Waals surface area contributed by atoms with Crippen molar-refractivity contribution in [1.82, 2.24) is 25.6 Å². The summed E-state index contributed by atoms with van der Waals surface area (Å²) in [7, 11) is 0. The van der Waals surface area contributed by atoms with Crippen LogP contribution >= 0.6 is 0 Å². The second kappa shape index (κ2) is 6.65. The Morgan fingerprint density at radius 3 is 2.87 bits per heavy atom. The summed E-state index contributed by atoms with van der Waals surface area (Å²) >= 11 is 0. The normalized spacial score (nSPS) is 11.0. The fraction of sp³-hybridized carbons (Fsp3) is 0.133. The molecule has 116 valence electrons. The molecular formula is C15H14N6O2. The Balaban J connectivity index is 1.56. The Hall–Kier alpha value is -3.29. The van der Waals surface area contributed by atoms with Crippen molar-refractivity contribution >= 4 is 12.1 Å². The number of tetrazole rings is 1. The fourth-order valence-electron chi connectivity index (χ4n) is 1.87. The molecule has 0 aliphatic carbocycles. The van der Waals surface area contributed by atoms with Crippen LogP contribution in [0, 0.1) is 6.92 Å². The van der Waals surface area contributed by atoms with E-state index < -0.39 is 0 Å². The molecule has 2 heterocycles. The molecule has 3 aromatic rings.